The fraction of sp³-hybridized carbons (Fsp3) is 0.308. The maximum atomic E-state index is 12.2. The zero-order valence-corrected chi connectivity index (χ0v) is 10.1. The number of carbonyl (C=O) groups is 1. The first-order chi connectivity index (χ1) is 7.54. The summed E-state index contributed by atoms with van der Waals surface area (Å²) in [7, 11) is 7.74. The Kier molecular flexibility index (Phi) is 2.46. The van der Waals surface area contributed by atoms with E-state index in [-0.39, 0.29) is 5.78 Å². The summed E-state index contributed by atoms with van der Waals surface area (Å²) in [6.07, 6.45) is 0. The van der Waals surface area contributed by atoms with E-state index in [0.29, 0.717) is 0 Å². The summed E-state index contributed by atoms with van der Waals surface area (Å²) in [6, 6.07) is 7.76. The van der Waals surface area contributed by atoms with Crippen molar-refractivity contribution in [1.29, 1.82) is 0 Å². The van der Waals surface area contributed by atoms with E-state index >= 15 is 0 Å². The molecular formula is C13H16N2O. The molecular weight excluding hydrogens is 200 g/mol. The van der Waals surface area contributed by atoms with Gasteiger partial charge in [-0.1, -0.05) is 24.3 Å². The third-order valence-electron chi connectivity index (χ3n) is 2.76. The van der Waals surface area contributed by atoms with Gasteiger partial charge in [-0.3, -0.25) is 4.79 Å². The van der Waals surface area contributed by atoms with Crippen LogP contribution in [0.3, 0.4) is 0 Å². The first kappa shape index (κ1) is 10.7. The van der Waals surface area contributed by atoms with Gasteiger partial charge in [-0.15, -0.1) is 0 Å². The van der Waals surface area contributed by atoms with Crippen LogP contribution in [0.15, 0.2) is 30.0 Å². The summed E-state index contributed by atoms with van der Waals surface area (Å²) in [5.74, 6) is 0.115. The van der Waals surface area contributed by atoms with Gasteiger partial charge in [-0.2, -0.15) is 0 Å². The quantitative estimate of drug-likeness (QED) is 0.751. The van der Waals surface area contributed by atoms with E-state index in [2.05, 4.69) is 0 Å². The molecule has 0 aliphatic heterocycles. The Labute approximate surface area is 96.0 Å². The lowest BCUT2D eigenvalue weighted by atomic mass is 10.1. The molecule has 16 heavy (non-hydrogen) atoms. The molecule has 0 N–H and O–H groups in total. The van der Waals surface area contributed by atoms with Crippen molar-refractivity contribution in [2.75, 3.05) is 28.2 Å². The van der Waals surface area contributed by atoms with Crippen molar-refractivity contribution in [2.45, 2.75) is 0 Å². The number of Topliss-reactive ketones (excluding diaryl/α,β-unsaturated/α-hetero) is 1. The normalized spacial score (nSPS) is 14.1. The van der Waals surface area contributed by atoms with Crippen molar-refractivity contribution in [3.63, 3.8) is 0 Å². The van der Waals surface area contributed by atoms with Crippen LogP contribution in [0.25, 0.3) is 5.70 Å². The first-order valence-corrected chi connectivity index (χ1v) is 5.27. The number of hydrogen-bond acceptors (Lipinski definition) is 3. The van der Waals surface area contributed by atoms with Crippen molar-refractivity contribution in [2.24, 2.45) is 0 Å². The van der Waals surface area contributed by atoms with Crippen molar-refractivity contribution < 1.29 is 4.79 Å². The SMILES string of the molecule is CN(C)C1=C(N(C)C)c2ccccc2C1=O. The molecule has 0 atom stereocenters. The molecule has 1 aliphatic rings. The molecule has 0 aromatic heterocycles. The Morgan fingerprint density at radius 3 is 1.81 bits per heavy atom. The van der Waals surface area contributed by atoms with E-state index in [9.17, 15) is 4.79 Å². The number of allylic oxidation sites excluding steroid dienone is 1. The monoisotopic (exact) mass is 216 g/mol. The predicted octanol–water partition coefficient (Wildman–Crippen LogP) is 1.67. The molecule has 0 unspecified atom stereocenters. The fourth-order valence-electron chi connectivity index (χ4n) is 2.12. The lowest BCUT2D eigenvalue weighted by Gasteiger charge is -2.20. The van der Waals surface area contributed by atoms with E-state index in [0.717, 1.165) is 22.5 Å². The molecule has 2 rings (SSSR count). The summed E-state index contributed by atoms with van der Waals surface area (Å²) in [5.41, 5.74) is 3.60. The number of nitrogens with zero attached hydrogens (tertiary/aromatic N) is 2. The van der Waals surface area contributed by atoms with E-state index in [4.69, 9.17) is 0 Å². The van der Waals surface area contributed by atoms with Crippen LogP contribution in [-0.4, -0.2) is 43.8 Å². The molecule has 1 aromatic carbocycles. The summed E-state index contributed by atoms with van der Waals surface area (Å²) in [4.78, 5) is 16.1. The van der Waals surface area contributed by atoms with Crippen LogP contribution in [0.5, 0.6) is 0 Å². The molecule has 84 valence electrons. The Morgan fingerprint density at radius 1 is 0.812 bits per heavy atom. The Morgan fingerprint density at radius 2 is 1.31 bits per heavy atom. The number of ketones is 1. The lowest BCUT2D eigenvalue weighted by molar-refractivity contribution is 0.101. The zero-order valence-electron chi connectivity index (χ0n) is 10.1. The second-order valence-corrected chi connectivity index (χ2v) is 4.36. The van der Waals surface area contributed by atoms with Gasteiger partial charge in [-0.05, 0) is 0 Å². The summed E-state index contributed by atoms with van der Waals surface area (Å²) in [6.45, 7) is 0. The summed E-state index contributed by atoms with van der Waals surface area (Å²) in [5, 5.41) is 0. The topological polar surface area (TPSA) is 23.6 Å². The number of rotatable bonds is 2. The van der Waals surface area contributed by atoms with Crippen molar-refractivity contribution in [3.05, 3.63) is 41.1 Å². The predicted molar refractivity (Wildman–Crippen MR) is 65.1 cm³/mol. The van der Waals surface area contributed by atoms with Gasteiger partial charge in [0.25, 0.3) is 0 Å². The molecule has 1 aliphatic carbocycles. The molecule has 0 bridgehead atoms. The van der Waals surface area contributed by atoms with E-state index in [1.54, 1.807) is 0 Å². The molecule has 0 saturated carbocycles. The van der Waals surface area contributed by atoms with Gasteiger partial charge in [0, 0.05) is 39.3 Å². The Bertz CT molecular complexity index is 473. The molecule has 0 spiro atoms. The van der Waals surface area contributed by atoms with Gasteiger partial charge >= 0.3 is 0 Å². The van der Waals surface area contributed by atoms with E-state index in [1.165, 1.54) is 0 Å². The van der Waals surface area contributed by atoms with Crippen LogP contribution in [0.4, 0.5) is 0 Å². The number of carbonyl (C=O) groups excluding carboxylic acids is 1. The Hall–Kier alpha value is -1.77. The molecule has 1 aromatic rings. The first-order valence-electron chi connectivity index (χ1n) is 5.27. The van der Waals surface area contributed by atoms with Crippen LogP contribution in [0.1, 0.15) is 15.9 Å². The summed E-state index contributed by atoms with van der Waals surface area (Å²) < 4.78 is 0. The molecule has 0 heterocycles. The zero-order chi connectivity index (χ0) is 11.9. The second kappa shape index (κ2) is 3.67. The average molecular weight is 216 g/mol. The van der Waals surface area contributed by atoms with Crippen LogP contribution in [0, 0.1) is 0 Å². The number of likely N-dealkylation sites (N-methyl/N-ethyl adjacent to an activating group) is 1. The van der Waals surface area contributed by atoms with E-state index in [1.807, 2.05) is 62.3 Å². The van der Waals surface area contributed by atoms with Crippen molar-refractivity contribution >= 4 is 11.5 Å². The number of fused-ring (bicyclic) bond motifs is 1. The highest BCUT2D eigenvalue weighted by molar-refractivity contribution is 6.19. The van der Waals surface area contributed by atoms with Gasteiger partial charge in [0.2, 0.25) is 5.78 Å². The van der Waals surface area contributed by atoms with Crippen molar-refractivity contribution in [3.8, 4) is 0 Å². The molecule has 0 saturated heterocycles. The largest absolute Gasteiger partial charge is 0.375 e. The molecule has 3 nitrogen and oxygen atoms in total. The van der Waals surface area contributed by atoms with Crippen molar-refractivity contribution in [1.82, 2.24) is 9.80 Å². The van der Waals surface area contributed by atoms with Gasteiger partial charge in [-0.25, -0.2) is 0 Å². The molecule has 3 heteroatoms. The summed E-state index contributed by atoms with van der Waals surface area (Å²) >= 11 is 0. The van der Waals surface area contributed by atoms with Crippen LogP contribution < -0.4 is 0 Å². The molecule has 0 amide bonds. The molecule has 0 fully saturated rings. The van der Waals surface area contributed by atoms with Gasteiger partial charge in [0.05, 0.1) is 5.70 Å². The van der Waals surface area contributed by atoms with E-state index < -0.39 is 0 Å². The highest BCUT2D eigenvalue weighted by atomic mass is 16.1. The maximum absolute atomic E-state index is 12.2. The smallest absolute Gasteiger partial charge is 0.211 e. The Balaban J connectivity index is 2.67. The van der Waals surface area contributed by atoms with Crippen LogP contribution >= 0.6 is 0 Å². The maximum Gasteiger partial charge on any atom is 0.211 e. The van der Waals surface area contributed by atoms with Gasteiger partial charge in [0.1, 0.15) is 5.70 Å². The third kappa shape index (κ3) is 1.40. The lowest BCUT2D eigenvalue weighted by Crippen LogP contribution is -2.21. The minimum Gasteiger partial charge on any atom is -0.375 e. The average Bonchev–Trinajstić information content (AvgIpc) is 2.53. The molecule has 0 radical (unpaired) electrons. The standard InChI is InChI=1S/C13H16N2O/c1-14(2)11-9-7-5-6-8-10(9)13(16)12(11)15(3)4/h5-8H,1-4H3. The second-order valence-electron chi connectivity index (χ2n) is 4.36. The minimum absolute atomic E-state index is 0.115. The highest BCUT2D eigenvalue weighted by Crippen LogP contribution is 2.34. The van der Waals surface area contributed by atoms with Crippen LogP contribution in [-0.2, 0) is 0 Å². The van der Waals surface area contributed by atoms with Crippen LogP contribution in [0.2, 0.25) is 0 Å². The van der Waals surface area contributed by atoms with Gasteiger partial charge < -0.3 is 9.80 Å². The van der Waals surface area contributed by atoms with Gasteiger partial charge in [0.15, 0.2) is 0 Å². The minimum atomic E-state index is 0.115. The number of benzene rings is 1. The highest BCUT2D eigenvalue weighted by Gasteiger charge is 2.31. The fourth-order valence-corrected chi connectivity index (χ4v) is 2.12. The third-order valence-corrected chi connectivity index (χ3v) is 2.76. The number of hydrogen-bond donors (Lipinski definition) is 0.